The quantitative estimate of drug-likeness (QED) is 0.660. The van der Waals surface area contributed by atoms with E-state index in [-0.39, 0.29) is 23.9 Å². The standard InChI is InChI=1S/C12H14N4O3/c1-3-18-11(17)8-5-4-6-9(13)10(8)19-12-14-7-16(2)15-12/h4-7H,3,13H2,1-2H3. The van der Waals surface area contributed by atoms with E-state index < -0.39 is 5.97 Å². The monoisotopic (exact) mass is 262 g/mol. The molecular formula is C12H14N4O3. The third kappa shape index (κ3) is 2.82. The zero-order valence-corrected chi connectivity index (χ0v) is 10.7. The number of rotatable bonds is 4. The maximum atomic E-state index is 11.8. The molecule has 0 spiro atoms. The second-order valence-electron chi connectivity index (χ2n) is 3.75. The second kappa shape index (κ2) is 5.38. The molecule has 0 bridgehead atoms. The van der Waals surface area contributed by atoms with Gasteiger partial charge >= 0.3 is 12.0 Å². The number of hydrogen-bond donors (Lipinski definition) is 1. The van der Waals surface area contributed by atoms with E-state index in [0.717, 1.165) is 0 Å². The Morgan fingerprint density at radius 3 is 2.89 bits per heavy atom. The van der Waals surface area contributed by atoms with Crippen LogP contribution in [0.3, 0.4) is 0 Å². The summed E-state index contributed by atoms with van der Waals surface area (Å²) in [6.45, 7) is 2.00. The van der Waals surface area contributed by atoms with E-state index >= 15 is 0 Å². The molecule has 19 heavy (non-hydrogen) atoms. The van der Waals surface area contributed by atoms with Crippen molar-refractivity contribution >= 4 is 11.7 Å². The van der Waals surface area contributed by atoms with Gasteiger partial charge in [-0.1, -0.05) is 6.07 Å². The number of esters is 1. The largest absolute Gasteiger partial charge is 0.462 e. The molecule has 1 aromatic carbocycles. The first-order valence-electron chi connectivity index (χ1n) is 5.71. The highest BCUT2D eigenvalue weighted by atomic mass is 16.5. The highest BCUT2D eigenvalue weighted by Crippen LogP contribution is 2.30. The smallest absolute Gasteiger partial charge is 0.342 e. The number of aryl methyl sites for hydroxylation is 1. The number of carbonyl (C=O) groups is 1. The molecule has 0 atom stereocenters. The lowest BCUT2D eigenvalue weighted by Gasteiger charge is -2.10. The molecule has 2 N–H and O–H groups in total. The number of nitrogens with two attached hydrogens (primary N) is 1. The fraction of sp³-hybridized carbons (Fsp3) is 0.250. The summed E-state index contributed by atoms with van der Waals surface area (Å²) in [7, 11) is 1.71. The van der Waals surface area contributed by atoms with E-state index in [1.807, 2.05) is 0 Å². The molecule has 100 valence electrons. The van der Waals surface area contributed by atoms with Crippen LogP contribution in [0.5, 0.6) is 11.8 Å². The van der Waals surface area contributed by atoms with Crippen LogP contribution in [0.2, 0.25) is 0 Å². The first kappa shape index (κ1) is 12.9. The summed E-state index contributed by atoms with van der Waals surface area (Å²) >= 11 is 0. The van der Waals surface area contributed by atoms with Gasteiger partial charge in [-0.2, -0.15) is 4.98 Å². The minimum atomic E-state index is -0.499. The van der Waals surface area contributed by atoms with Crippen molar-refractivity contribution in [2.45, 2.75) is 6.92 Å². The van der Waals surface area contributed by atoms with Crippen LogP contribution in [-0.4, -0.2) is 27.3 Å². The van der Waals surface area contributed by atoms with Crippen LogP contribution in [0, 0.1) is 0 Å². The molecule has 0 aliphatic carbocycles. The Morgan fingerprint density at radius 1 is 1.47 bits per heavy atom. The van der Waals surface area contributed by atoms with Crippen LogP contribution in [0.15, 0.2) is 24.5 Å². The third-order valence-corrected chi connectivity index (χ3v) is 2.31. The summed E-state index contributed by atoms with van der Waals surface area (Å²) in [4.78, 5) is 15.7. The molecule has 1 aromatic heterocycles. The normalized spacial score (nSPS) is 10.2. The number of nitrogens with zero attached hydrogens (tertiary/aromatic N) is 3. The molecule has 0 fully saturated rings. The Bertz CT molecular complexity index is 594. The van der Waals surface area contributed by atoms with E-state index in [2.05, 4.69) is 10.1 Å². The maximum absolute atomic E-state index is 11.8. The highest BCUT2D eigenvalue weighted by molar-refractivity contribution is 5.94. The van der Waals surface area contributed by atoms with Crippen LogP contribution in [0.25, 0.3) is 0 Å². The van der Waals surface area contributed by atoms with Crippen molar-refractivity contribution in [3.8, 4) is 11.8 Å². The average molecular weight is 262 g/mol. The number of benzene rings is 1. The van der Waals surface area contributed by atoms with Gasteiger partial charge in [0.2, 0.25) is 0 Å². The van der Waals surface area contributed by atoms with Crippen molar-refractivity contribution < 1.29 is 14.3 Å². The van der Waals surface area contributed by atoms with Crippen molar-refractivity contribution in [3.05, 3.63) is 30.1 Å². The maximum Gasteiger partial charge on any atom is 0.342 e. The Balaban J connectivity index is 2.35. The summed E-state index contributed by atoms with van der Waals surface area (Å²) in [5.41, 5.74) is 6.38. The Kier molecular flexibility index (Phi) is 3.65. The molecule has 2 aromatic rings. The van der Waals surface area contributed by atoms with Gasteiger partial charge in [-0.15, -0.1) is 5.10 Å². The lowest BCUT2D eigenvalue weighted by atomic mass is 10.2. The van der Waals surface area contributed by atoms with Gasteiger partial charge in [0.25, 0.3) is 0 Å². The number of ether oxygens (including phenoxy) is 2. The summed E-state index contributed by atoms with van der Waals surface area (Å²) in [5, 5.41) is 3.97. The van der Waals surface area contributed by atoms with Crippen LogP contribution in [-0.2, 0) is 11.8 Å². The van der Waals surface area contributed by atoms with Gasteiger partial charge in [0.05, 0.1) is 12.3 Å². The molecule has 0 unspecified atom stereocenters. The van der Waals surface area contributed by atoms with Gasteiger partial charge in [-0.3, -0.25) is 4.68 Å². The number of para-hydroxylation sites is 1. The van der Waals surface area contributed by atoms with E-state index in [0.29, 0.717) is 5.69 Å². The first-order chi connectivity index (χ1) is 9.11. The van der Waals surface area contributed by atoms with E-state index in [1.165, 1.54) is 11.0 Å². The van der Waals surface area contributed by atoms with Crippen LogP contribution in [0.4, 0.5) is 5.69 Å². The Hall–Kier alpha value is -2.57. The second-order valence-corrected chi connectivity index (χ2v) is 3.75. The third-order valence-electron chi connectivity index (χ3n) is 2.31. The Labute approximate surface area is 110 Å². The highest BCUT2D eigenvalue weighted by Gasteiger charge is 2.18. The SMILES string of the molecule is CCOC(=O)c1cccc(N)c1Oc1ncn(C)n1. The summed E-state index contributed by atoms with van der Waals surface area (Å²) in [5.74, 6) is -0.298. The number of aromatic nitrogens is 3. The molecule has 0 saturated carbocycles. The number of nitrogen functional groups attached to an aromatic ring is 1. The number of carbonyl (C=O) groups excluding carboxylic acids is 1. The van der Waals surface area contributed by atoms with Gasteiger partial charge in [0.15, 0.2) is 5.75 Å². The molecule has 0 aliphatic rings. The average Bonchev–Trinajstić information content (AvgIpc) is 2.78. The minimum absolute atomic E-state index is 0.117. The van der Waals surface area contributed by atoms with Gasteiger partial charge in [0.1, 0.15) is 11.9 Å². The molecular weight excluding hydrogens is 248 g/mol. The van der Waals surface area contributed by atoms with Crippen LogP contribution < -0.4 is 10.5 Å². The molecule has 7 heteroatoms. The number of anilines is 1. The van der Waals surface area contributed by atoms with Crippen molar-refractivity contribution in [1.82, 2.24) is 14.8 Å². The fourth-order valence-electron chi connectivity index (χ4n) is 1.50. The predicted octanol–water partition coefficient (Wildman–Crippen LogP) is 1.37. The van der Waals surface area contributed by atoms with Crippen molar-refractivity contribution in [2.24, 2.45) is 7.05 Å². The zero-order valence-electron chi connectivity index (χ0n) is 10.7. The predicted molar refractivity (Wildman–Crippen MR) is 67.9 cm³/mol. The van der Waals surface area contributed by atoms with E-state index in [4.69, 9.17) is 15.2 Å². The van der Waals surface area contributed by atoms with Gasteiger partial charge in [0, 0.05) is 7.05 Å². The molecule has 7 nitrogen and oxygen atoms in total. The molecule has 0 saturated heterocycles. The van der Waals surface area contributed by atoms with Gasteiger partial charge < -0.3 is 15.2 Å². The molecule has 0 radical (unpaired) electrons. The van der Waals surface area contributed by atoms with Crippen molar-refractivity contribution in [2.75, 3.05) is 12.3 Å². The van der Waals surface area contributed by atoms with Gasteiger partial charge in [-0.05, 0) is 19.1 Å². The lowest BCUT2D eigenvalue weighted by Crippen LogP contribution is -2.08. The summed E-state index contributed by atoms with van der Waals surface area (Å²) in [6.07, 6.45) is 1.48. The van der Waals surface area contributed by atoms with Crippen LogP contribution in [0.1, 0.15) is 17.3 Å². The lowest BCUT2D eigenvalue weighted by molar-refractivity contribution is 0.0523. The fourth-order valence-corrected chi connectivity index (χ4v) is 1.50. The minimum Gasteiger partial charge on any atom is -0.462 e. The van der Waals surface area contributed by atoms with Crippen molar-refractivity contribution in [3.63, 3.8) is 0 Å². The van der Waals surface area contributed by atoms with E-state index in [1.54, 1.807) is 32.2 Å². The van der Waals surface area contributed by atoms with E-state index in [9.17, 15) is 4.79 Å². The number of hydrogen-bond acceptors (Lipinski definition) is 6. The van der Waals surface area contributed by atoms with Crippen molar-refractivity contribution in [1.29, 1.82) is 0 Å². The van der Waals surface area contributed by atoms with Crippen LogP contribution >= 0.6 is 0 Å². The Morgan fingerprint density at radius 2 is 2.26 bits per heavy atom. The topological polar surface area (TPSA) is 92.3 Å². The van der Waals surface area contributed by atoms with Gasteiger partial charge in [-0.25, -0.2) is 4.79 Å². The molecule has 0 amide bonds. The summed E-state index contributed by atoms with van der Waals surface area (Å²) in [6, 6.07) is 4.97. The molecule has 2 rings (SSSR count). The molecule has 1 heterocycles. The zero-order chi connectivity index (χ0) is 13.8. The first-order valence-corrected chi connectivity index (χ1v) is 5.71. The summed E-state index contributed by atoms with van der Waals surface area (Å²) < 4.78 is 11.9. The molecule has 0 aliphatic heterocycles.